The van der Waals surface area contributed by atoms with Gasteiger partial charge in [-0.1, -0.05) is 6.92 Å². The molecule has 4 heteroatoms. The minimum Gasteiger partial charge on any atom is -0.497 e. The fourth-order valence-electron chi connectivity index (χ4n) is 2.56. The number of nitrogens with zero attached hydrogens (tertiary/aromatic N) is 1. The first-order valence-corrected chi connectivity index (χ1v) is 6.83. The minimum absolute atomic E-state index is 0.269. The molecule has 1 saturated heterocycles. The lowest BCUT2D eigenvalue weighted by molar-refractivity contribution is 0.160. The lowest BCUT2D eigenvalue weighted by Gasteiger charge is -2.35. The van der Waals surface area contributed by atoms with Crippen molar-refractivity contribution in [1.29, 1.82) is 0 Å². The highest BCUT2D eigenvalue weighted by Gasteiger charge is 2.23. The number of ether oxygens (including phenoxy) is 2. The molecule has 2 unspecified atom stereocenters. The van der Waals surface area contributed by atoms with Crippen molar-refractivity contribution >= 4 is 0 Å². The van der Waals surface area contributed by atoms with Gasteiger partial charge in [-0.2, -0.15) is 0 Å². The molecule has 106 valence electrons. The second kappa shape index (κ2) is 6.26. The average Bonchev–Trinajstić information content (AvgIpc) is 2.43. The molecule has 19 heavy (non-hydrogen) atoms. The number of methoxy groups -OCH3 is 2. The first kappa shape index (κ1) is 14.2. The monoisotopic (exact) mass is 264 g/mol. The highest BCUT2D eigenvalue weighted by Crippen LogP contribution is 2.26. The molecule has 0 bridgehead atoms. The Labute approximate surface area is 115 Å². The van der Waals surface area contributed by atoms with Gasteiger partial charge in [0.05, 0.1) is 14.2 Å². The van der Waals surface area contributed by atoms with Crippen molar-refractivity contribution in [2.24, 2.45) is 11.7 Å². The maximum Gasteiger partial charge on any atom is 0.123 e. The summed E-state index contributed by atoms with van der Waals surface area (Å²) in [6.07, 6.45) is 1.16. The quantitative estimate of drug-likeness (QED) is 0.902. The van der Waals surface area contributed by atoms with Gasteiger partial charge < -0.3 is 15.2 Å². The van der Waals surface area contributed by atoms with Crippen molar-refractivity contribution < 1.29 is 9.47 Å². The smallest absolute Gasteiger partial charge is 0.123 e. The highest BCUT2D eigenvalue weighted by molar-refractivity contribution is 5.40. The van der Waals surface area contributed by atoms with E-state index < -0.39 is 0 Å². The number of likely N-dealkylation sites (tertiary alicyclic amines) is 1. The van der Waals surface area contributed by atoms with E-state index in [-0.39, 0.29) is 6.04 Å². The summed E-state index contributed by atoms with van der Waals surface area (Å²) in [4.78, 5) is 2.39. The Morgan fingerprint density at radius 1 is 1.32 bits per heavy atom. The summed E-state index contributed by atoms with van der Waals surface area (Å²) in [7, 11) is 3.39. The molecule has 1 aromatic carbocycles. The summed E-state index contributed by atoms with van der Waals surface area (Å²) in [6.45, 7) is 5.13. The normalized spacial score (nSPS) is 24.2. The predicted molar refractivity (Wildman–Crippen MR) is 76.6 cm³/mol. The van der Waals surface area contributed by atoms with Crippen LogP contribution in [0.25, 0.3) is 0 Å². The topological polar surface area (TPSA) is 47.7 Å². The van der Waals surface area contributed by atoms with Gasteiger partial charge in [0.1, 0.15) is 11.5 Å². The lowest BCUT2D eigenvalue weighted by Crippen LogP contribution is -2.47. The largest absolute Gasteiger partial charge is 0.497 e. The zero-order valence-corrected chi connectivity index (χ0v) is 12.1. The molecule has 0 aromatic heterocycles. The molecule has 0 amide bonds. The van der Waals surface area contributed by atoms with Gasteiger partial charge in [0.25, 0.3) is 0 Å². The third-order valence-electron chi connectivity index (χ3n) is 3.98. The van der Waals surface area contributed by atoms with Crippen LogP contribution < -0.4 is 15.2 Å². The van der Waals surface area contributed by atoms with Gasteiger partial charge in [-0.05, 0) is 37.1 Å². The molecule has 1 aliphatic heterocycles. The van der Waals surface area contributed by atoms with Gasteiger partial charge in [0, 0.05) is 24.7 Å². The van der Waals surface area contributed by atoms with Crippen LogP contribution in [-0.2, 0) is 6.54 Å². The zero-order chi connectivity index (χ0) is 13.8. The van der Waals surface area contributed by atoms with E-state index in [1.807, 2.05) is 18.2 Å². The van der Waals surface area contributed by atoms with Crippen LogP contribution in [0.5, 0.6) is 11.5 Å². The van der Waals surface area contributed by atoms with Crippen LogP contribution in [0.4, 0.5) is 0 Å². The fourth-order valence-corrected chi connectivity index (χ4v) is 2.56. The van der Waals surface area contributed by atoms with Crippen molar-refractivity contribution in [2.75, 3.05) is 27.3 Å². The molecule has 0 saturated carbocycles. The minimum atomic E-state index is 0.269. The van der Waals surface area contributed by atoms with E-state index in [9.17, 15) is 0 Å². The molecule has 2 rings (SSSR count). The SMILES string of the molecule is COc1ccc(OC)c(CN2CCC(C)C(N)C2)c1. The Balaban J connectivity index is 2.09. The summed E-state index contributed by atoms with van der Waals surface area (Å²) in [5, 5.41) is 0. The van der Waals surface area contributed by atoms with Gasteiger partial charge in [0.2, 0.25) is 0 Å². The maximum absolute atomic E-state index is 6.15. The van der Waals surface area contributed by atoms with Gasteiger partial charge in [-0.3, -0.25) is 4.90 Å². The van der Waals surface area contributed by atoms with Gasteiger partial charge in [-0.25, -0.2) is 0 Å². The summed E-state index contributed by atoms with van der Waals surface area (Å²) in [6, 6.07) is 6.19. The molecule has 0 radical (unpaired) electrons. The van der Waals surface area contributed by atoms with Crippen LogP contribution in [0.1, 0.15) is 18.9 Å². The summed E-state index contributed by atoms with van der Waals surface area (Å²) < 4.78 is 10.7. The Bertz CT molecular complexity index is 423. The summed E-state index contributed by atoms with van der Waals surface area (Å²) in [5.74, 6) is 2.39. The zero-order valence-electron chi connectivity index (χ0n) is 12.1. The summed E-state index contributed by atoms with van der Waals surface area (Å²) >= 11 is 0. The highest BCUT2D eigenvalue weighted by atomic mass is 16.5. The second-order valence-electron chi connectivity index (χ2n) is 5.34. The van der Waals surface area contributed by atoms with Crippen LogP contribution in [-0.4, -0.2) is 38.3 Å². The molecule has 2 atom stereocenters. The lowest BCUT2D eigenvalue weighted by atomic mass is 9.94. The van der Waals surface area contributed by atoms with Crippen molar-refractivity contribution in [3.8, 4) is 11.5 Å². The van der Waals surface area contributed by atoms with Crippen LogP contribution in [0.2, 0.25) is 0 Å². The molecule has 1 fully saturated rings. The average molecular weight is 264 g/mol. The Kier molecular flexibility index (Phi) is 4.66. The van der Waals surface area contributed by atoms with Crippen molar-refractivity contribution in [1.82, 2.24) is 4.90 Å². The number of hydrogen-bond acceptors (Lipinski definition) is 4. The number of piperidine rings is 1. The third-order valence-corrected chi connectivity index (χ3v) is 3.98. The molecule has 1 aromatic rings. The summed E-state index contributed by atoms with van der Waals surface area (Å²) in [5.41, 5.74) is 7.31. The van der Waals surface area contributed by atoms with Gasteiger partial charge >= 0.3 is 0 Å². The number of benzene rings is 1. The molecular weight excluding hydrogens is 240 g/mol. The van der Waals surface area contributed by atoms with E-state index in [1.54, 1.807) is 14.2 Å². The van der Waals surface area contributed by atoms with Crippen molar-refractivity contribution in [2.45, 2.75) is 25.9 Å². The van der Waals surface area contributed by atoms with Crippen LogP contribution in [0, 0.1) is 5.92 Å². The van der Waals surface area contributed by atoms with E-state index in [0.717, 1.165) is 43.1 Å². The van der Waals surface area contributed by atoms with E-state index in [2.05, 4.69) is 11.8 Å². The molecule has 1 aliphatic rings. The first-order chi connectivity index (χ1) is 9.13. The van der Waals surface area contributed by atoms with Crippen LogP contribution in [0.15, 0.2) is 18.2 Å². The molecule has 0 spiro atoms. The van der Waals surface area contributed by atoms with E-state index in [4.69, 9.17) is 15.2 Å². The van der Waals surface area contributed by atoms with Gasteiger partial charge in [-0.15, -0.1) is 0 Å². The number of rotatable bonds is 4. The van der Waals surface area contributed by atoms with Crippen molar-refractivity contribution in [3.63, 3.8) is 0 Å². The van der Waals surface area contributed by atoms with Crippen LogP contribution >= 0.6 is 0 Å². The van der Waals surface area contributed by atoms with Gasteiger partial charge in [0.15, 0.2) is 0 Å². The fraction of sp³-hybridized carbons (Fsp3) is 0.600. The first-order valence-electron chi connectivity index (χ1n) is 6.83. The van der Waals surface area contributed by atoms with Crippen LogP contribution in [0.3, 0.4) is 0 Å². The molecular formula is C15H24N2O2. The Hall–Kier alpha value is -1.26. The molecule has 4 nitrogen and oxygen atoms in total. The second-order valence-corrected chi connectivity index (χ2v) is 5.34. The van der Waals surface area contributed by atoms with Crippen molar-refractivity contribution in [3.05, 3.63) is 23.8 Å². The number of nitrogens with two attached hydrogens (primary N) is 1. The maximum atomic E-state index is 6.15. The molecule has 2 N–H and O–H groups in total. The molecule has 1 heterocycles. The Morgan fingerprint density at radius 3 is 2.74 bits per heavy atom. The third kappa shape index (κ3) is 3.39. The predicted octanol–water partition coefficient (Wildman–Crippen LogP) is 1.87. The molecule has 0 aliphatic carbocycles. The number of hydrogen-bond donors (Lipinski definition) is 1. The van der Waals surface area contributed by atoms with E-state index >= 15 is 0 Å². The van der Waals surface area contributed by atoms with E-state index in [1.165, 1.54) is 0 Å². The Morgan fingerprint density at radius 2 is 2.11 bits per heavy atom. The van der Waals surface area contributed by atoms with E-state index in [0.29, 0.717) is 5.92 Å². The standard InChI is InChI=1S/C15H24N2O2/c1-11-6-7-17(10-14(11)16)9-12-8-13(18-2)4-5-15(12)19-3/h4-5,8,11,14H,6-7,9-10,16H2,1-3H3.